The van der Waals surface area contributed by atoms with Gasteiger partial charge in [0.1, 0.15) is 0 Å². The van der Waals surface area contributed by atoms with Gasteiger partial charge in [-0.1, -0.05) is 6.92 Å². The van der Waals surface area contributed by atoms with Crippen molar-refractivity contribution in [2.75, 3.05) is 12.0 Å². The van der Waals surface area contributed by atoms with Crippen LogP contribution >= 0.6 is 23.5 Å². The quantitative estimate of drug-likeness (QED) is 0.529. The van der Waals surface area contributed by atoms with E-state index in [0.29, 0.717) is 0 Å². The third-order valence-electron chi connectivity index (χ3n) is 1.17. The second kappa shape index (κ2) is 2.31. The summed E-state index contributed by atoms with van der Waals surface area (Å²) in [6.07, 6.45) is 2.17. The van der Waals surface area contributed by atoms with Crippen LogP contribution in [0.3, 0.4) is 0 Å². The first-order chi connectivity index (χ1) is 3.34. The van der Waals surface area contributed by atoms with Gasteiger partial charge in [-0.3, -0.25) is 0 Å². The average molecular weight is 134 g/mol. The Morgan fingerprint density at radius 3 is 2.43 bits per heavy atom. The summed E-state index contributed by atoms with van der Waals surface area (Å²) in [4.78, 5) is 0. The van der Waals surface area contributed by atoms with Crippen LogP contribution in [0.15, 0.2) is 0 Å². The molecule has 1 fully saturated rings. The fraction of sp³-hybridized carbons (Fsp3) is 1.00. The van der Waals surface area contributed by atoms with E-state index in [-0.39, 0.29) is 0 Å². The van der Waals surface area contributed by atoms with Crippen LogP contribution in [0.2, 0.25) is 0 Å². The zero-order chi connectivity index (χ0) is 5.28. The molecule has 0 aliphatic carbocycles. The number of hydrogen-bond donors (Lipinski definition) is 0. The molecule has 2 heteroatoms. The van der Waals surface area contributed by atoms with Crippen LogP contribution in [-0.4, -0.2) is 22.5 Å². The van der Waals surface area contributed by atoms with Crippen molar-refractivity contribution in [2.24, 2.45) is 0 Å². The van der Waals surface area contributed by atoms with Crippen LogP contribution in [0.5, 0.6) is 0 Å². The minimum atomic E-state index is 0.965. The van der Waals surface area contributed by atoms with Gasteiger partial charge in [-0.25, -0.2) is 0 Å². The highest BCUT2D eigenvalue weighted by atomic mass is 32.2. The molecule has 0 aromatic rings. The molecule has 1 saturated heterocycles. The number of rotatable bonds is 2. The fourth-order valence-corrected chi connectivity index (χ4v) is 2.59. The molecule has 0 saturated carbocycles. The average Bonchev–Trinajstić information content (AvgIpc) is 2.22. The Hall–Kier alpha value is 0.700. The van der Waals surface area contributed by atoms with Gasteiger partial charge in [-0.2, -0.15) is 23.5 Å². The van der Waals surface area contributed by atoms with Crippen LogP contribution in [-0.2, 0) is 0 Å². The summed E-state index contributed by atoms with van der Waals surface area (Å²) in [5, 5.41) is 1.96. The molecule has 0 aromatic heterocycles. The third kappa shape index (κ3) is 1.57. The Kier molecular flexibility index (Phi) is 1.93. The Bertz CT molecular complexity index is 63.1. The summed E-state index contributed by atoms with van der Waals surface area (Å²) in [5.41, 5.74) is 0. The lowest BCUT2D eigenvalue weighted by Gasteiger charge is -1.84. The first kappa shape index (κ1) is 5.83. The summed E-state index contributed by atoms with van der Waals surface area (Å²) in [6.45, 7) is 2.30. The van der Waals surface area contributed by atoms with Gasteiger partial charge >= 0.3 is 0 Å². The topological polar surface area (TPSA) is 0 Å². The first-order valence-corrected chi connectivity index (χ1v) is 4.82. The van der Waals surface area contributed by atoms with E-state index in [2.05, 4.69) is 24.9 Å². The maximum absolute atomic E-state index is 2.30. The molecule has 1 aliphatic rings. The van der Waals surface area contributed by atoms with Crippen LogP contribution in [0.25, 0.3) is 0 Å². The standard InChI is InChI=1S/C5H10S2/c1-4-5(7-4)3-6-2/h4-5H,3H2,1-2H3. The molecule has 0 radical (unpaired) electrons. The van der Waals surface area contributed by atoms with Gasteiger partial charge in [0.25, 0.3) is 0 Å². The summed E-state index contributed by atoms with van der Waals surface area (Å²) in [5.74, 6) is 1.35. The molecule has 1 aliphatic heterocycles. The van der Waals surface area contributed by atoms with E-state index in [1.807, 2.05) is 11.8 Å². The van der Waals surface area contributed by atoms with Crippen molar-refractivity contribution in [3.8, 4) is 0 Å². The minimum Gasteiger partial charge on any atom is -0.164 e. The molecule has 1 heterocycles. The van der Waals surface area contributed by atoms with Crippen LogP contribution in [0.1, 0.15) is 6.92 Å². The normalized spacial score (nSPS) is 38.6. The molecule has 0 N–H and O–H groups in total. The van der Waals surface area contributed by atoms with Crippen molar-refractivity contribution in [1.29, 1.82) is 0 Å². The lowest BCUT2D eigenvalue weighted by Crippen LogP contribution is -1.90. The molecular weight excluding hydrogens is 124 g/mol. The van der Waals surface area contributed by atoms with Crippen molar-refractivity contribution in [3.05, 3.63) is 0 Å². The smallest absolute Gasteiger partial charge is 0.0257 e. The van der Waals surface area contributed by atoms with Crippen molar-refractivity contribution < 1.29 is 0 Å². The maximum Gasteiger partial charge on any atom is 0.0257 e. The molecular formula is C5H10S2. The molecule has 0 bridgehead atoms. The summed E-state index contributed by atoms with van der Waals surface area (Å²) in [7, 11) is 0. The van der Waals surface area contributed by atoms with E-state index >= 15 is 0 Å². The van der Waals surface area contributed by atoms with E-state index in [9.17, 15) is 0 Å². The van der Waals surface area contributed by atoms with Gasteiger partial charge in [0, 0.05) is 16.3 Å². The van der Waals surface area contributed by atoms with Gasteiger partial charge in [0.05, 0.1) is 0 Å². The molecule has 2 unspecified atom stereocenters. The SMILES string of the molecule is CSCC1SC1C. The van der Waals surface area contributed by atoms with E-state index in [1.165, 1.54) is 5.75 Å². The maximum atomic E-state index is 2.30. The van der Waals surface area contributed by atoms with E-state index < -0.39 is 0 Å². The molecule has 7 heavy (non-hydrogen) atoms. The molecule has 1 rings (SSSR count). The van der Waals surface area contributed by atoms with Crippen LogP contribution in [0, 0.1) is 0 Å². The van der Waals surface area contributed by atoms with Crippen molar-refractivity contribution in [3.63, 3.8) is 0 Å². The van der Waals surface area contributed by atoms with Gasteiger partial charge in [-0.15, -0.1) is 0 Å². The monoisotopic (exact) mass is 134 g/mol. The molecule has 2 atom stereocenters. The summed E-state index contributed by atoms with van der Waals surface area (Å²) >= 11 is 4.05. The zero-order valence-corrected chi connectivity index (χ0v) is 6.31. The van der Waals surface area contributed by atoms with Crippen molar-refractivity contribution in [2.45, 2.75) is 17.4 Å². The van der Waals surface area contributed by atoms with Gasteiger partial charge in [0.2, 0.25) is 0 Å². The highest BCUT2D eigenvalue weighted by Gasteiger charge is 2.32. The van der Waals surface area contributed by atoms with Crippen molar-refractivity contribution >= 4 is 23.5 Å². The minimum absolute atomic E-state index is 0.965. The summed E-state index contributed by atoms with van der Waals surface area (Å²) < 4.78 is 0. The Morgan fingerprint density at radius 1 is 1.71 bits per heavy atom. The molecule has 0 spiro atoms. The van der Waals surface area contributed by atoms with E-state index in [1.54, 1.807) is 0 Å². The second-order valence-corrected chi connectivity index (χ2v) is 4.37. The number of thioether (sulfide) groups is 2. The molecule has 0 aromatic carbocycles. The van der Waals surface area contributed by atoms with E-state index in [0.717, 1.165) is 10.5 Å². The molecule has 42 valence electrons. The fourth-order valence-electron chi connectivity index (χ4n) is 0.569. The predicted octanol–water partition coefficient (Wildman–Crippen LogP) is 1.85. The Morgan fingerprint density at radius 2 is 2.29 bits per heavy atom. The Balaban J connectivity index is 1.98. The van der Waals surface area contributed by atoms with Crippen molar-refractivity contribution in [1.82, 2.24) is 0 Å². The lowest BCUT2D eigenvalue weighted by molar-refractivity contribution is 1.06. The van der Waals surface area contributed by atoms with Gasteiger partial charge < -0.3 is 0 Å². The molecule has 0 amide bonds. The first-order valence-electron chi connectivity index (χ1n) is 2.49. The largest absolute Gasteiger partial charge is 0.164 e. The molecule has 0 nitrogen and oxygen atoms in total. The zero-order valence-electron chi connectivity index (χ0n) is 4.68. The second-order valence-electron chi connectivity index (χ2n) is 1.83. The third-order valence-corrected chi connectivity index (χ3v) is 3.44. The lowest BCUT2D eigenvalue weighted by atomic mass is 10.4. The summed E-state index contributed by atoms with van der Waals surface area (Å²) in [6, 6.07) is 0. The van der Waals surface area contributed by atoms with Crippen LogP contribution < -0.4 is 0 Å². The highest BCUT2D eigenvalue weighted by Crippen LogP contribution is 2.42. The predicted molar refractivity (Wildman–Crippen MR) is 39.2 cm³/mol. The Labute approximate surface area is 53.4 Å². The van der Waals surface area contributed by atoms with Crippen LogP contribution in [0.4, 0.5) is 0 Å². The number of hydrogen-bond acceptors (Lipinski definition) is 2. The van der Waals surface area contributed by atoms with Gasteiger partial charge in [-0.05, 0) is 6.26 Å². The van der Waals surface area contributed by atoms with E-state index in [4.69, 9.17) is 0 Å². The van der Waals surface area contributed by atoms with Gasteiger partial charge in [0.15, 0.2) is 0 Å². The highest BCUT2D eigenvalue weighted by molar-refractivity contribution is 8.09.